The molecule has 2 aliphatic rings. The highest BCUT2D eigenvalue weighted by Crippen LogP contribution is 2.44. The zero-order valence-electron chi connectivity index (χ0n) is 17.8. The fraction of sp³-hybridized carbons (Fsp3) is 0.364. The van der Waals surface area contributed by atoms with Gasteiger partial charge in [-0.25, -0.2) is 12.8 Å². The summed E-state index contributed by atoms with van der Waals surface area (Å²) in [6.45, 7) is 0.339. The second kappa shape index (κ2) is 8.12. The standard InChI is InChI=1S/C22H21FN4O5S/c1-33(31,32)22(6-7-22)13-26-8-9-27-18(21(26)30)5-4-16(20(27)29)19(28)25-12-14-2-3-15(11-24)17(23)10-14/h2-5,10H,6-9,12-13H2,1H3,(H,25,28). The number of nitriles is 1. The molecule has 1 N–H and O–H groups in total. The molecule has 2 amide bonds. The molecule has 0 bridgehead atoms. The highest BCUT2D eigenvalue weighted by Gasteiger charge is 2.54. The lowest BCUT2D eigenvalue weighted by atomic mass is 10.1. The molecule has 2 heterocycles. The van der Waals surface area contributed by atoms with E-state index < -0.39 is 37.8 Å². The summed E-state index contributed by atoms with van der Waals surface area (Å²) < 4.78 is 38.2. The Morgan fingerprint density at radius 1 is 1.21 bits per heavy atom. The van der Waals surface area contributed by atoms with Crippen LogP contribution in [0, 0.1) is 17.1 Å². The van der Waals surface area contributed by atoms with Crippen molar-refractivity contribution < 1.29 is 22.4 Å². The second-order valence-corrected chi connectivity index (χ2v) is 10.8. The van der Waals surface area contributed by atoms with Gasteiger partial charge in [0.2, 0.25) is 0 Å². The highest BCUT2D eigenvalue weighted by atomic mass is 32.2. The van der Waals surface area contributed by atoms with Gasteiger partial charge in [0, 0.05) is 32.4 Å². The van der Waals surface area contributed by atoms with E-state index in [4.69, 9.17) is 5.26 Å². The van der Waals surface area contributed by atoms with Crippen molar-refractivity contribution in [2.24, 2.45) is 0 Å². The Kier molecular flexibility index (Phi) is 5.57. The largest absolute Gasteiger partial charge is 0.348 e. The third-order valence-electron chi connectivity index (χ3n) is 6.20. The number of rotatable bonds is 6. The van der Waals surface area contributed by atoms with Crippen molar-refractivity contribution in [2.75, 3.05) is 19.3 Å². The Morgan fingerprint density at radius 2 is 1.94 bits per heavy atom. The molecule has 0 spiro atoms. The number of halogens is 1. The van der Waals surface area contributed by atoms with Gasteiger partial charge in [0.1, 0.15) is 23.1 Å². The first-order valence-corrected chi connectivity index (χ1v) is 12.1. The predicted octanol–water partition coefficient (Wildman–Crippen LogP) is 0.822. The summed E-state index contributed by atoms with van der Waals surface area (Å²) in [4.78, 5) is 39.7. The molecule has 1 aromatic heterocycles. The molecule has 0 unspecified atom stereocenters. The molecule has 0 radical (unpaired) electrons. The van der Waals surface area contributed by atoms with E-state index in [1.165, 1.54) is 40.0 Å². The third kappa shape index (κ3) is 4.14. The molecule has 0 atom stereocenters. The Morgan fingerprint density at radius 3 is 2.55 bits per heavy atom. The van der Waals surface area contributed by atoms with Crippen molar-refractivity contribution in [3.05, 3.63) is 68.9 Å². The molecule has 2 aromatic rings. The number of hydrogen-bond acceptors (Lipinski definition) is 6. The summed E-state index contributed by atoms with van der Waals surface area (Å²) in [5, 5.41) is 11.3. The van der Waals surface area contributed by atoms with E-state index in [9.17, 15) is 27.2 Å². The van der Waals surface area contributed by atoms with Crippen molar-refractivity contribution in [1.82, 2.24) is 14.8 Å². The van der Waals surface area contributed by atoms with Crippen LogP contribution in [0.5, 0.6) is 0 Å². The van der Waals surface area contributed by atoms with E-state index in [-0.39, 0.29) is 43.0 Å². The van der Waals surface area contributed by atoms with Crippen LogP contribution in [-0.2, 0) is 22.9 Å². The average molecular weight is 472 g/mol. The number of benzene rings is 1. The van der Waals surface area contributed by atoms with Gasteiger partial charge < -0.3 is 14.8 Å². The van der Waals surface area contributed by atoms with Crippen LogP contribution in [0.1, 0.15) is 44.8 Å². The Bertz CT molecular complexity index is 1370. The van der Waals surface area contributed by atoms with E-state index in [0.717, 1.165) is 6.07 Å². The number of amides is 2. The van der Waals surface area contributed by atoms with E-state index >= 15 is 0 Å². The summed E-state index contributed by atoms with van der Waals surface area (Å²) in [7, 11) is -3.31. The van der Waals surface area contributed by atoms with Crippen LogP contribution < -0.4 is 10.9 Å². The molecule has 1 aliphatic heterocycles. The normalized spacial score (nSPS) is 16.6. The maximum absolute atomic E-state index is 13.7. The number of sulfone groups is 1. The van der Waals surface area contributed by atoms with Gasteiger partial charge in [-0.05, 0) is 42.7 Å². The van der Waals surface area contributed by atoms with Crippen LogP contribution in [0.3, 0.4) is 0 Å². The predicted molar refractivity (Wildman–Crippen MR) is 116 cm³/mol. The lowest BCUT2D eigenvalue weighted by Gasteiger charge is -2.32. The summed E-state index contributed by atoms with van der Waals surface area (Å²) in [6.07, 6.45) is 2.18. The smallest absolute Gasteiger partial charge is 0.270 e. The van der Waals surface area contributed by atoms with E-state index in [2.05, 4.69) is 5.32 Å². The van der Waals surface area contributed by atoms with Crippen LogP contribution in [0.15, 0.2) is 35.1 Å². The van der Waals surface area contributed by atoms with Crippen molar-refractivity contribution in [1.29, 1.82) is 5.26 Å². The molecule has 9 nitrogen and oxygen atoms in total. The number of carbonyl (C=O) groups is 2. The first-order chi connectivity index (χ1) is 15.6. The molecule has 1 saturated carbocycles. The Balaban J connectivity index is 1.49. The number of aromatic nitrogens is 1. The second-order valence-electron chi connectivity index (χ2n) is 8.38. The van der Waals surface area contributed by atoms with Crippen molar-refractivity contribution in [3.8, 4) is 6.07 Å². The lowest BCUT2D eigenvalue weighted by molar-refractivity contribution is 0.0695. The summed E-state index contributed by atoms with van der Waals surface area (Å²) >= 11 is 0. The Hall–Kier alpha value is -3.52. The number of nitrogens with zero attached hydrogens (tertiary/aromatic N) is 3. The van der Waals surface area contributed by atoms with E-state index in [1.54, 1.807) is 6.07 Å². The SMILES string of the molecule is CS(=O)(=O)C1(CN2CCn3c(ccc(C(=O)NCc4ccc(C#N)c(F)c4)c3=O)C2=O)CC1. The molecule has 11 heteroatoms. The number of hydrogen-bond donors (Lipinski definition) is 1. The van der Waals surface area contributed by atoms with Crippen LogP contribution in [0.25, 0.3) is 0 Å². The number of pyridine rings is 1. The summed E-state index contributed by atoms with van der Waals surface area (Å²) in [5.41, 5.74) is -0.386. The minimum absolute atomic E-state index is 0.0526. The molecule has 1 aliphatic carbocycles. The van der Waals surface area contributed by atoms with Crippen LogP contribution in [0.2, 0.25) is 0 Å². The quantitative estimate of drug-likeness (QED) is 0.663. The maximum Gasteiger partial charge on any atom is 0.270 e. The van der Waals surface area contributed by atoms with Gasteiger partial charge in [-0.2, -0.15) is 5.26 Å². The van der Waals surface area contributed by atoms with Crippen LogP contribution in [-0.4, -0.2) is 53.8 Å². The first kappa shape index (κ1) is 22.7. The van der Waals surface area contributed by atoms with Gasteiger partial charge >= 0.3 is 0 Å². The molecule has 33 heavy (non-hydrogen) atoms. The maximum atomic E-state index is 13.7. The van der Waals surface area contributed by atoms with Gasteiger partial charge in [-0.1, -0.05) is 6.07 Å². The minimum atomic E-state index is -3.31. The van der Waals surface area contributed by atoms with Crippen LogP contribution >= 0.6 is 0 Å². The van der Waals surface area contributed by atoms with Gasteiger partial charge in [-0.15, -0.1) is 0 Å². The zero-order valence-corrected chi connectivity index (χ0v) is 18.6. The summed E-state index contributed by atoms with van der Waals surface area (Å²) in [6, 6.07) is 8.29. The highest BCUT2D eigenvalue weighted by molar-refractivity contribution is 7.92. The van der Waals surface area contributed by atoms with E-state index in [1.807, 2.05) is 0 Å². The molecule has 1 fully saturated rings. The van der Waals surface area contributed by atoms with Gasteiger partial charge in [0.05, 0.1) is 10.3 Å². The monoisotopic (exact) mass is 472 g/mol. The van der Waals surface area contributed by atoms with Crippen molar-refractivity contribution >= 4 is 21.7 Å². The number of fused-ring (bicyclic) bond motifs is 1. The van der Waals surface area contributed by atoms with E-state index in [0.29, 0.717) is 18.4 Å². The van der Waals surface area contributed by atoms with Crippen LogP contribution in [0.4, 0.5) is 4.39 Å². The molecule has 0 saturated heterocycles. The number of nitrogens with one attached hydrogen (secondary N) is 1. The van der Waals surface area contributed by atoms with Crippen molar-refractivity contribution in [2.45, 2.75) is 30.7 Å². The van der Waals surface area contributed by atoms with Gasteiger partial charge in [0.15, 0.2) is 9.84 Å². The van der Waals surface area contributed by atoms with Gasteiger partial charge in [0.25, 0.3) is 17.4 Å². The minimum Gasteiger partial charge on any atom is -0.348 e. The Labute approximate surface area is 189 Å². The average Bonchev–Trinajstić information content (AvgIpc) is 3.55. The van der Waals surface area contributed by atoms with Crippen molar-refractivity contribution in [3.63, 3.8) is 0 Å². The molecular weight excluding hydrogens is 451 g/mol. The molecule has 4 rings (SSSR count). The fourth-order valence-electron chi connectivity index (χ4n) is 3.97. The topological polar surface area (TPSA) is 129 Å². The first-order valence-electron chi connectivity index (χ1n) is 10.3. The number of carbonyl (C=O) groups excluding carboxylic acids is 2. The molecule has 1 aromatic carbocycles. The summed E-state index contributed by atoms with van der Waals surface area (Å²) in [5.74, 6) is -1.83. The fourth-order valence-corrected chi connectivity index (χ4v) is 5.20. The lowest BCUT2D eigenvalue weighted by Crippen LogP contribution is -2.49. The molecular formula is C22H21FN4O5S. The molecule has 172 valence electrons. The van der Waals surface area contributed by atoms with Gasteiger partial charge in [-0.3, -0.25) is 14.4 Å². The zero-order chi connectivity index (χ0) is 24.0. The third-order valence-corrected chi connectivity index (χ3v) is 8.31.